The standard InChI is InChI=1S/C69H89FN10O8Si/c1-43(2)89(44(3)4,45(5)6)31-22-47-12-11-13-48-33-53(87-42-85-10)34-55(59(47)48)61-60(70)62-56(35-71-61)63(78-38-51-14-15-52(39-78)80(51)67(84)88-68(7,8)9)74-66(73-62)86-41-69(23-24-69)40-76-25-20-46(21-26-76)36-75-27-29-77(30-28-75)50-16-17-54-49(32-50)37-79(65(54)83)57-18-19-58(81)72-64(57)82/h11-13,16-17,32-35,43-46,51-52,57H,14-15,18-21,23-30,36-42H2,1-10H3,(H,72,81,82)/t51?,52?,57-/m0/s1. The molecular weight excluding hydrogens is 1140 g/mol. The molecule has 0 spiro atoms. The summed E-state index contributed by atoms with van der Waals surface area (Å²) in [4.78, 5) is 79.8. The first-order valence-electron chi connectivity index (χ1n) is 32.6. The molecule has 474 valence electrons. The third-order valence-electron chi connectivity index (χ3n) is 20.3. The quantitative estimate of drug-likeness (QED) is 0.0403. The highest BCUT2D eigenvalue weighted by Gasteiger charge is 2.48. The number of fused-ring (bicyclic) bond motifs is 5. The lowest BCUT2D eigenvalue weighted by molar-refractivity contribution is -0.136. The summed E-state index contributed by atoms with van der Waals surface area (Å²) in [5, 5.41) is 4.48. The molecule has 2 unspecified atom stereocenters. The van der Waals surface area contributed by atoms with Gasteiger partial charge in [-0.15, -0.1) is 5.54 Å². The predicted molar refractivity (Wildman–Crippen MR) is 345 cm³/mol. The zero-order valence-electron chi connectivity index (χ0n) is 53.8. The second kappa shape index (κ2) is 25.0. The van der Waals surface area contributed by atoms with Crippen molar-refractivity contribution in [2.45, 2.75) is 161 Å². The number of piperazine rings is 2. The van der Waals surface area contributed by atoms with Gasteiger partial charge in [-0.2, -0.15) is 9.97 Å². The van der Waals surface area contributed by atoms with E-state index in [1.807, 2.05) is 68.1 Å². The number of benzene rings is 3. The number of anilines is 2. The lowest BCUT2D eigenvalue weighted by atomic mass is 9.94. The van der Waals surface area contributed by atoms with Gasteiger partial charge >= 0.3 is 12.1 Å². The summed E-state index contributed by atoms with van der Waals surface area (Å²) in [5.74, 6) is 3.91. The number of carbonyl (C=O) groups is 4. The van der Waals surface area contributed by atoms with Crippen molar-refractivity contribution < 1.29 is 42.5 Å². The normalized spacial score (nSPS) is 21.7. The molecule has 5 saturated heterocycles. The van der Waals surface area contributed by atoms with Gasteiger partial charge in [0.25, 0.3) is 5.91 Å². The molecule has 5 aromatic rings. The molecule has 4 amide bonds. The molecule has 3 aromatic carbocycles. The minimum absolute atomic E-state index is 0.00669. The SMILES string of the molecule is COCOc1cc(-c2ncc3c(N4CC5CCC(C4)N5C(=O)OC(C)(C)C)nc(OCC4(CN5CCC(CN6CCN(c7ccc8c(c7)CN([C@H]7CCC(=O)NC7=O)C8=O)CC6)CC5)CC4)nc3c2F)c2c(C#C[Si](C(C)C)(C(C)C)C(C)C)cccc2c1. The Hall–Kier alpha value is -6.92. The molecule has 1 N–H and O–H groups in total. The van der Waals surface area contributed by atoms with Gasteiger partial charge in [0.2, 0.25) is 11.8 Å². The highest BCUT2D eigenvalue weighted by molar-refractivity contribution is 6.90. The Morgan fingerprint density at radius 1 is 0.831 bits per heavy atom. The highest BCUT2D eigenvalue weighted by Crippen LogP contribution is 2.48. The number of nitrogens with zero attached hydrogens (tertiary/aromatic N) is 9. The smallest absolute Gasteiger partial charge is 0.410 e. The molecule has 12 rings (SSSR count). The maximum Gasteiger partial charge on any atom is 0.410 e. The first-order valence-corrected chi connectivity index (χ1v) is 34.8. The first-order chi connectivity index (χ1) is 42.6. The van der Waals surface area contributed by atoms with E-state index in [0.717, 1.165) is 118 Å². The van der Waals surface area contributed by atoms with Gasteiger partial charge in [-0.1, -0.05) is 59.6 Å². The van der Waals surface area contributed by atoms with Crippen LogP contribution < -0.4 is 24.6 Å². The molecule has 1 saturated carbocycles. The summed E-state index contributed by atoms with van der Waals surface area (Å²) in [6, 6.07) is 15.1. The van der Waals surface area contributed by atoms with Crippen molar-refractivity contribution in [1.82, 2.24) is 39.9 Å². The molecule has 6 aliphatic heterocycles. The average molecular weight is 1230 g/mol. The molecule has 8 heterocycles. The number of nitrogens with one attached hydrogen (secondary N) is 1. The van der Waals surface area contributed by atoms with Gasteiger partial charge < -0.3 is 38.5 Å². The Labute approximate surface area is 524 Å². The molecule has 2 aromatic heterocycles. The molecule has 3 atom stereocenters. The highest BCUT2D eigenvalue weighted by atomic mass is 28.3. The Morgan fingerprint density at radius 3 is 2.21 bits per heavy atom. The minimum Gasteiger partial charge on any atom is -0.468 e. The van der Waals surface area contributed by atoms with Crippen LogP contribution in [-0.4, -0.2) is 176 Å². The topological polar surface area (TPSA) is 175 Å². The number of pyridine rings is 1. The monoisotopic (exact) mass is 1230 g/mol. The van der Waals surface area contributed by atoms with Gasteiger partial charge in [0.15, 0.2) is 12.6 Å². The van der Waals surface area contributed by atoms with Crippen LogP contribution in [-0.2, 0) is 25.6 Å². The van der Waals surface area contributed by atoms with E-state index < -0.39 is 31.4 Å². The number of rotatable bonds is 17. The molecular formula is C69H89FN10O8Si. The van der Waals surface area contributed by atoms with Crippen LogP contribution in [0.2, 0.25) is 16.6 Å². The zero-order chi connectivity index (χ0) is 62.7. The van der Waals surface area contributed by atoms with Crippen LogP contribution in [0.15, 0.2) is 54.7 Å². The average Bonchev–Trinajstić information content (AvgIpc) is 1.40. The van der Waals surface area contributed by atoms with Gasteiger partial charge in [0.1, 0.15) is 42.5 Å². The summed E-state index contributed by atoms with van der Waals surface area (Å²) in [6.45, 7) is 28.9. The number of hydrogen-bond donors (Lipinski definition) is 1. The predicted octanol–water partition coefficient (Wildman–Crippen LogP) is 10.6. The fourth-order valence-electron chi connectivity index (χ4n) is 15.6. The van der Waals surface area contributed by atoms with Crippen LogP contribution in [0.3, 0.4) is 0 Å². The lowest BCUT2D eigenvalue weighted by Crippen LogP contribution is -2.57. The Kier molecular flexibility index (Phi) is 17.5. The number of methoxy groups -OCH3 is 1. The molecule has 1 aliphatic carbocycles. The lowest BCUT2D eigenvalue weighted by Gasteiger charge is -2.42. The van der Waals surface area contributed by atoms with Crippen molar-refractivity contribution in [3.8, 4) is 34.5 Å². The summed E-state index contributed by atoms with van der Waals surface area (Å²) >= 11 is 0. The van der Waals surface area contributed by atoms with Gasteiger partial charge in [0.05, 0.1) is 24.1 Å². The Balaban J connectivity index is 0.757. The largest absolute Gasteiger partial charge is 0.468 e. The number of carbonyl (C=O) groups excluding carboxylic acids is 4. The molecule has 18 nitrogen and oxygen atoms in total. The summed E-state index contributed by atoms with van der Waals surface area (Å²) < 4.78 is 42.4. The fraction of sp³-hybridized carbons (Fsp3) is 0.580. The van der Waals surface area contributed by atoms with Gasteiger partial charge in [-0.05, 0) is 149 Å². The molecule has 2 bridgehead atoms. The molecule has 0 radical (unpaired) electrons. The zero-order valence-corrected chi connectivity index (χ0v) is 54.8. The van der Waals surface area contributed by atoms with Crippen LogP contribution in [0.25, 0.3) is 32.9 Å². The van der Waals surface area contributed by atoms with Gasteiger partial charge in [-0.25, -0.2) is 9.18 Å². The first kappa shape index (κ1) is 62.3. The van der Waals surface area contributed by atoms with Crippen molar-refractivity contribution in [3.05, 3.63) is 77.2 Å². The van der Waals surface area contributed by atoms with Crippen molar-refractivity contribution in [1.29, 1.82) is 0 Å². The summed E-state index contributed by atoms with van der Waals surface area (Å²) in [7, 11) is -0.595. The number of halogens is 1. The van der Waals surface area contributed by atoms with E-state index in [2.05, 4.69) is 84.0 Å². The van der Waals surface area contributed by atoms with E-state index >= 15 is 4.39 Å². The van der Waals surface area contributed by atoms with E-state index in [-0.39, 0.29) is 65.8 Å². The molecule has 6 fully saturated rings. The van der Waals surface area contributed by atoms with Crippen LogP contribution in [0.4, 0.5) is 20.7 Å². The molecule has 7 aliphatic rings. The third-order valence-corrected chi connectivity index (χ3v) is 26.6. The van der Waals surface area contributed by atoms with E-state index in [4.69, 9.17) is 33.9 Å². The fourth-order valence-corrected chi connectivity index (χ4v) is 20.8. The van der Waals surface area contributed by atoms with Gasteiger partial charge in [0, 0.05) is 112 Å². The van der Waals surface area contributed by atoms with E-state index in [9.17, 15) is 19.2 Å². The maximum absolute atomic E-state index is 18.3. The van der Waals surface area contributed by atoms with E-state index in [0.29, 0.717) is 83.3 Å². The van der Waals surface area contributed by atoms with E-state index in [1.165, 1.54) is 0 Å². The third kappa shape index (κ3) is 12.7. The Bertz CT molecular complexity index is 3560. The van der Waals surface area contributed by atoms with Crippen molar-refractivity contribution >= 4 is 65.1 Å². The number of piperidine rings is 2. The molecule has 89 heavy (non-hydrogen) atoms. The number of likely N-dealkylation sites (tertiary alicyclic amines) is 1. The van der Waals surface area contributed by atoms with Gasteiger partial charge in [-0.3, -0.25) is 34.5 Å². The minimum atomic E-state index is -2.17. The van der Waals surface area contributed by atoms with E-state index in [1.54, 1.807) is 18.2 Å². The number of hydrogen-bond acceptors (Lipinski definition) is 15. The summed E-state index contributed by atoms with van der Waals surface area (Å²) in [6.07, 6.45) is 7.87. The Morgan fingerprint density at radius 2 is 1.55 bits per heavy atom. The second-order valence-corrected chi connectivity index (χ2v) is 33.9. The number of aromatic nitrogens is 3. The van der Waals surface area contributed by atoms with Crippen molar-refractivity contribution in [2.75, 3.05) is 95.8 Å². The van der Waals surface area contributed by atoms with Crippen LogP contribution in [0, 0.1) is 28.6 Å². The van der Waals surface area contributed by atoms with Crippen LogP contribution in [0.1, 0.15) is 135 Å². The maximum atomic E-state index is 18.3. The number of imide groups is 1. The van der Waals surface area contributed by atoms with Crippen LogP contribution in [0.5, 0.6) is 11.8 Å². The van der Waals surface area contributed by atoms with Crippen molar-refractivity contribution in [3.63, 3.8) is 0 Å². The second-order valence-electron chi connectivity index (χ2n) is 28.3. The van der Waals surface area contributed by atoms with Crippen LogP contribution >= 0.6 is 0 Å². The van der Waals surface area contributed by atoms with Crippen molar-refractivity contribution in [2.24, 2.45) is 11.3 Å². The molecule has 20 heteroatoms. The number of ether oxygens (including phenoxy) is 4. The summed E-state index contributed by atoms with van der Waals surface area (Å²) in [5.41, 5.74) is 8.69. The number of amides is 4.